The lowest BCUT2D eigenvalue weighted by atomic mass is 10.0. The molecule has 0 aliphatic carbocycles. The zero-order valence-corrected chi connectivity index (χ0v) is 13.8. The Balaban J connectivity index is 1.63. The number of carbonyl (C=O) groups is 1. The van der Waals surface area contributed by atoms with Crippen LogP contribution in [0.2, 0.25) is 0 Å². The first kappa shape index (κ1) is 15.7. The van der Waals surface area contributed by atoms with Gasteiger partial charge in [0.2, 0.25) is 0 Å². The Morgan fingerprint density at radius 1 is 0.923 bits per heavy atom. The number of nitrogens with zero attached hydrogens (tertiary/aromatic N) is 3. The van der Waals surface area contributed by atoms with Crippen LogP contribution < -0.4 is 5.32 Å². The number of aromatic amines is 1. The van der Waals surface area contributed by atoms with Crippen molar-refractivity contribution < 1.29 is 4.79 Å². The van der Waals surface area contributed by atoms with E-state index in [9.17, 15) is 4.79 Å². The van der Waals surface area contributed by atoms with Gasteiger partial charge in [0.1, 0.15) is 5.69 Å². The minimum Gasteiger partial charge on any atom is -0.321 e. The van der Waals surface area contributed by atoms with Crippen LogP contribution in [0.1, 0.15) is 10.5 Å². The third-order valence-corrected chi connectivity index (χ3v) is 3.92. The Bertz CT molecular complexity index is 1030. The highest BCUT2D eigenvalue weighted by molar-refractivity contribution is 6.03. The lowest BCUT2D eigenvalue weighted by Crippen LogP contribution is -2.13. The van der Waals surface area contributed by atoms with Crippen LogP contribution in [0.15, 0.2) is 79.4 Å². The van der Waals surface area contributed by atoms with E-state index in [0.29, 0.717) is 11.4 Å². The highest BCUT2D eigenvalue weighted by atomic mass is 16.1. The molecule has 3 aromatic heterocycles. The zero-order chi connectivity index (χ0) is 17.8. The number of rotatable bonds is 4. The second-order valence-corrected chi connectivity index (χ2v) is 5.63. The summed E-state index contributed by atoms with van der Waals surface area (Å²) in [5.74, 6) is -0.251. The van der Waals surface area contributed by atoms with Crippen molar-refractivity contribution in [2.24, 2.45) is 0 Å². The molecule has 0 atom stereocenters. The number of H-pyrrole nitrogens is 1. The van der Waals surface area contributed by atoms with Gasteiger partial charge in [0.05, 0.1) is 5.69 Å². The third kappa shape index (κ3) is 3.21. The number of anilines is 1. The number of aromatic nitrogens is 4. The maximum atomic E-state index is 12.3. The molecule has 1 aromatic carbocycles. The number of benzene rings is 1. The molecule has 0 saturated carbocycles. The summed E-state index contributed by atoms with van der Waals surface area (Å²) in [6.45, 7) is 0. The van der Waals surface area contributed by atoms with E-state index in [1.54, 1.807) is 36.8 Å². The highest BCUT2D eigenvalue weighted by Crippen LogP contribution is 2.31. The van der Waals surface area contributed by atoms with E-state index in [1.807, 2.05) is 42.6 Å². The number of amides is 1. The van der Waals surface area contributed by atoms with Gasteiger partial charge in [-0.3, -0.25) is 19.9 Å². The van der Waals surface area contributed by atoms with Crippen molar-refractivity contribution in [1.82, 2.24) is 20.2 Å². The SMILES string of the molecule is O=C(Nc1cccc(-c2n[nH]cc2-c2ccncc2)c1)c1ccccn1. The summed E-state index contributed by atoms with van der Waals surface area (Å²) >= 11 is 0. The molecule has 0 saturated heterocycles. The molecule has 4 aromatic rings. The molecule has 126 valence electrons. The molecule has 0 aliphatic heterocycles. The van der Waals surface area contributed by atoms with Crippen LogP contribution >= 0.6 is 0 Å². The smallest absolute Gasteiger partial charge is 0.274 e. The summed E-state index contributed by atoms with van der Waals surface area (Å²) in [6.07, 6.45) is 6.94. The van der Waals surface area contributed by atoms with E-state index in [4.69, 9.17) is 0 Å². The summed E-state index contributed by atoms with van der Waals surface area (Å²) in [4.78, 5) is 20.4. The van der Waals surface area contributed by atoms with Gasteiger partial charge in [-0.05, 0) is 42.0 Å². The van der Waals surface area contributed by atoms with Crippen molar-refractivity contribution >= 4 is 11.6 Å². The molecule has 2 N–H and O–H groups in total. The van der Waals surface area contributed by atoms with Crippen LogP contribution in [0.25, 0.3) is 22.4 Å². The van der Waals surface area contributed by atoms with E-state index in [-0.39, 0.29) is 5.91 Å². The van der Waals surface area contributed by atoms with E-state index in [1.165, 1.54) is 0 Å². The third-order valence-electron chi connectivity index (χ3n) is 3.92. The van der Waals surface area contributed by atoms with Gasteiger partial charge in [0.15, 0.2) is 0 Å². The van der Waals surface area contributed by atoms with Crippen LogP contribution in [-0.2, 0) is 0 Å². The van der Waals surface area contributed by atoms with Crippen LogP contribution in [-0.4, -0.2) is 26.1 Å². The maximum Gasteiger partial charge on any atom is 0.274 e. The Hall–Kier alpha value is -3.80. The van der Waals surface area contributed by atoms with E-state index in [0.717, 1.165) is 22.4 Å². The maximum absolute atomic E-state index is 12.3. The second-order valence-electron chi connectivity index (χ2n) is 5.63. The molecule has 1 amide bonds. The highest BCUT2D eigenvalue weighted by Gasteiger charge is 2.12. The molecule has 0 spiro atoms. The van der Waals surface area contributed by atoms with Crippen molar-refractivity contribution in [1.29, 1.82) is 0 Å². The monoisotopic (exact) mass is 341 g/mol. The summed E-state index contributed by atoms with van der Waals surface area (Å²) in [7, 11) is 0. The number of nitrogens with one attached hydrogen (secondary N) is 2. The van der Waals surface area contributed by atoms with E-state index in [2.05, 4.69) is 25.5 Å². The fourth-order valence-electron chi connectivity index (χ4n) is 2.70. The summed E-state index contributed by atoms with van der Waals surface area (Å²) in [5.41, 5.74) is 4.76. The second kappa shape index (κ2) is 6.98. The minimum absolute atomic E-state index is 0.251. The molecule has 4 rings (SSSR count). The first-order valence-corrected chi connectivity index (χ1v) is 8.08. The first-order chi connectivity index (χ1) is 12.8. The first-order valence-electron chi connectivity index (χ1n) is 8.08. The van der Waals surface area contributed by atoms with Gasteiger partial charge in [-0.1, -0.05) is 18.2 Å². The molecule has 26 heavy (non-hydrogen) atoms. The molecule has 0 radical (unpaired) electrons. The Morgan fingerprint density at radius 2 is 1.81 bits per heavy atom. The molecule has 3 heterocycles. The van der Waals surface area contributed by atoms with Gasteiger partial charge < -0.3 is 5.32 Å². The lowest BCUT2D eigenvalue weighted by Gasteiger charge is -2.07. The fraction of sp³-hybridized carbons (Fsp3) is 0. The molecule has 0 aliphatic rings. The Kier molecular flexibility index (Phi) is 4.22. The summed E-state index contributed by atoms with van der Waals surface area (Å²) < 4.78 is 0. The van der Waals surface area contributed by atoms with Crippen LogP contribution in [0.4, 0.5) is 5.69 Å². The van der Waals surface area contributed by atoms with Crippen LogP contribution in [0.3, 0.4) is 0 Å². The molecule has 0 unspecified atom stereocenters. The number of pyridine rings is 2. The molecular weight excluding hydrogens is 326 g/mol. The molecule has 0 bridgehead atoms. The van der Waals surface area contributed by atoms with Gasteiger partial charge in [-0.25, -0.2) is 0 Å². The van der Waals surface area contributed by atoms with Gasteiger partial charge in [-0.15, -0.1) is 0 Å². The zero-order valence-electron chi connectivity index (χ0n) is 13.8. The minimum atomic E-state index is -0.251. The van der Waals surface area contributed by atoms with Crippen molar-refractivity contribution in [3.05, 3.63) is 85.1 Å². The Labute approximate surface area is 150 Å². The Morgan fingerprint density at radius 3 is 2.62 bits per heavy atom. The normalized spacial score (nSPS) is 10.5. The largest absolute Gasteiger partial charge is 0.321 e. The number of carbonyl (C=O) groups excluding carboxylic acids is 1. The van der Waals surface area contributed by atoms with Gasteiger partial charge in [0, 0.05) is 41.6 Å². The van der Waals surface area contributed by atoms with Crippen LogP contribution in [0, 0.1) is 0 Å². The van der Waals surface area contributed by atoms with E-state index >= 15 is 0 Å². The average Bonchev–Trinajstić information content (AvgIpc) is 3.19. The fourth-order valence-corrected chi connectivity index (χ4v) is 2.70. The quantitative estimate of drug-likeness (QED) is 0.591. The molecular formula is C20H15N5O. The predicted octanol–water partition coefficient (Wildman–Crippen LogP) is 3.79. The average molecular weight is 341 g/mol. The van der Waals surface area contributed by atoms with Crippen molar-refractivity contribution in [2.45, 2.75) is 0 Å². The van der Waals surface area contributed by atoms with Crippen molar-refractivity contribution in [2.75, 3.05) is 5.32 Å². The molecule has 0 fully saturated rings. The molecule has 6 nitrogen and oxygen atoms in total. The summed E-state index contributed by atoms with van der Waals surface area (Å²) in [6, 6.07) is 16.7. The summed E-state index contributed by atoms with van der Waals surface area (Å²) in [5, 5.41) is 10.2. The number of hydrogen-bond acceptors (Lipinski definition) is 4. The molecule has 6 heteroatoms. The van der Waals surface area contributed by atoms with Gasteiger partial charge in [-0.2, -0.15) is 5.10 Å². The predicted molar refractivity (Wildman–Crippen MR) is 99.4 cm³/mol. The van der Waals surface area contributed by atoms with E-state index < -0.39 is 0 Å². The van der Waals surface area contributed by atoms with Crippen molar-refractivity contribution in [3.8, 4) is 22.4 Å². The van der Waals surface area contributed by atoms with Crippen molar-refractivity contribution in [3.63, 3.8) is 0 Å². The topological polar surface area (TPSA) is 83.6 Å². The van der Waals surface area contributed by atoms with Crippen LogP contribution in [0.5, 0.6) is 0 Å². The standard InChI is InChI=1S/C20H15N5O/c26-20(18-6-1-2-9-22-18)24-16-5-3-4-15(12-16)19-17(13-23-25-19)14-7-10-21-11-8-14/h1-13H,(H,23,25)(H,24,26). The van der Waals surface area contributed by atoms with Gasteiger partial charge >= 0.3 is 0 Å². The van der Waals surface area contributed by atoms with Gasteiger partial charge in [0.25, 0.3) is 5.91 Å². The number of hydrogen-bond donors (Lipinski definition) is 2. The lowest BCUT2D eigenvalue weighted by molar-refractivity contribution is 0.102.